The fourth-order valence-electron chi connectivity index (χ4n) is 4.09. The summed E-state index contributed by atoms with van der Waals surface area (Å²) in [6, 6.07) is 12.4. The van der Waals surface area contributed by atoms with E-state index < -0.39 is 5.97 Å². The first-order valence-electron chi connectivity index (χ1n) is 10.9. The van der Waals surface area contributed by atoms with Crippen molar-refractivity contribution in [2.45, 2.75) is 39.8 Å². The van der Waals surface area contributed by atoms with Crippen LogP contribution in [0.4, 0.5) is 10.8 Å². The number of rotatable bonds is 5. The summed E-state index contributed by atoms with van der Waals surface area (Å²) in [7, 11) is 0. The number of carbonyl (C=O) groups excluding carboxylic acids is 2. The molecule has 1 aliphatic heterocycles. The normalized spacial score (nSPS) is 12.5. The van der Waals surface area contributed by atoms with Gasteiger partial charge in [-0.25, -0.2) is 14.8 Å². The fraction of sp³-hybridized carbons (Fsp3) is 0.240. The van der Waals surface area contributed by atoms with Crippen LogP contribution in [0.3, 0.4) is 0 Å². The molecule has 0 aliphatic carbocycles. The van der Waals surface area contributed by atoms with Gasteiger partial charge in [0.2, 0.25) is 5.91 Å². The van der Waals surface area contributed by atoms with Crippen molar-refractivity contribution in [2.24, 2.45) is 0 Å². The van der Waals surface area contributed by atoms with Gasteiger partial charge in [-0.05, 0) is 49.2 Å². The van der Waals surface area contributed by atoms with E-state index in [-0.39, 0.29) is 18.1 Å². The molecular weight excluding hydrogens is 452 g/mol. The van der Waals surface area contributed by atoms with Crippen LogP contribution in [0.2, 0.25) is 0 Å². The highest BCUT2D eigenvalue weighted by molar-refractivity contribution is 7.14. The van der Waals surface area contributed by atoms with Crippen molar-refractivity contribution >= 4 is 44.9 Å². The Morgan fingerprint density at radius 3 is 2.82 bits per heavy atom. The maximum atomic E-state index is 12.7. The summed E-state index contributed by atoms with van der Waals surface area (Å²) in [4.78, 5) is 48.2. The van der Waals surface area contributed by atoms with Crippen molar-refractivity contribution in [3.8, 4) is 0 Å². The van der Waals surface area contributed by atoms with Crippen LogP contribution in [0.5, 0.6) is 0 Å². The molecule has 1 amide bonds. The summed E-state index contributed by atoms with van der Waals surface area (Å²) in [5, 5.41) is 2.76. The molecule has 0 saturated carbocycles. The van der Waals surface area contributed by atoms with E-state index in [9.17, 15) is 14.4 Å². The van der Waals surface area contributed by atoms with Crippen molar-refractivity contribution in [3.63, 3.8) is 0 Å². The molecule has 0 fully saturated rings. The van der Waals surface area contributed by atoms with Crippen molar-refractivity contribution in [2.75, 3.05) is 4.90 Å². The number of aryl methyl sites for hydroxylation is 2. The number of amides is 1. The van der Waals surface area contributed by atoms with Crippen LogP contribution in [0.1, 0.15) is 40.8 Å². The van der Waals surface area contributed by atoms with E-state index in [0.29, 0.717) is 33.8 Å². The second-order valence-corrected chi connectivity index (χ2v) is 9.05. The van der Waals surface area contributed by atoms with Gasteiger partial charge in [-0.3, -0.25) is 19.1 Å². The zero-order chi connectivity index (χ0) is 23.8. The number of aromatic nitrogens is 3. The van der Waals surface area contributed by atoms with Crippen molar-refractivity contribution in [1.82, 2.24) is 14.5 Å². The van der Waals surface area contributed by atoms with Gasteiger partial charge in [-0.15, -0.1) is 11.3 Å². The van der Waals surface area contributed by atoms with Gasteiger partial charge in [0.05, 0.1) is 27.8 Å². The summed E-state index contributed by atoms with van der Waals surface area (Å²) in [5.41, 5.74) is 3.06. The van der Waals surface area contributed by atoms with E-state index in [1.807, 2.05) is 31.2 Å². The van der Waals surface area contributed by atoms with Crippen LogP contribution in [0.15, 0.2) is 52.6 Å². The van der Waals surface area contributed by atoms with Gasteiger partial charge in [0, 0.05) is 25.3 Å². The molecule has 0 N–H and O–H groups in total. The van der Waals surface area contributed by atoms with Crippen molar-refractivity contribution in [3.05, 3.63) is 80.8 Å². The van der Waals surface area contributed by atoms with Gasteiger partial charge in [0.1, 0.15) is 12.4 Å². The molecule has 0 radical (unpaired) electrons. The molecule has 0 saturated heterocycles. The number of benzene rings is 2. The molecule has 0 bridgehead atoms. The summed E-state index contributed by atoms with van der Waals surface area (Å²) >= 11 is 1.30. The Balaban J connectivity index is 1.32. The summed E-state index contributed by atoms with van der Waals surface area (Å²) in [5.74, 6) is 0.0668. The number of carbonyl (C=O) groups is 2. The van der Waals surface area contributed by atoms with Crippen LogP contribution in [-0.4, -0.2) is 26.4 Å². The predicted octanol–water partition coefficient (Wildman–Crippen LogP) is 4.15. The van der Waals surface area contributed by atoms with Gasteiger partial charge in [0.15, 0.2) is 5.13 Å². The minimum Gasteiger partial charge on any atom is -0.456 e. The molecule has 0 unspecified atom stereocenters. The summed E-state index contributed by atoms with van der Waals surface area (Å²) in [6.45, 7) is 4.09. The van der Waals surface area contributed by atoms with Gasteiger partial charge < -0.3 is 4.74 Å². The maximum Gasteiger partial charge on any atom is 0.338 e. The smallest absolute Gasteiger partial charge is 0.338 e. The Hall–Kier alpha value is -3.85. The molecule has 9 heteroatoms. The highest BCUT2D eigenvalue weighted by atomic mass is 32.1. The molecule has 0 atom stereocenters. The van der Waals surface area contributed by atoms with E-state index in [4.69, 9.17) is 4.74 Å². The second kappa shape index (κ2) is 8.83. The largest absolute Gasteiger partial charge is 0.456 e. The lowest BCUT2D eigenvalue weighted by Gasteiger charge is -2.18. The number of anilines is 2. The minimum atomic E-state index is -0.527. The first kappa shape index (κ1) is 22.0. The highest BCUT2D eigenvalue weighted by Gasteiger charge is 2.20. The molecule has 2 aromatic heterocycles. The van der Waals surface area contributed by atoms with Gasteiger partial charge in [-0.2, -0.15) is 0 Å². The van der Waals surface area contributed by atoms with Crippen molar-refractivity contribution < 1.29 is 14.3 Å². The third-order valence-corrected chi connectivity index (χ3v) is 6.58. The van der Waals surface area contributed by atoms with E-state index >= 15 is 0 Å². The monoisotopic (exact) mass is 474 g/mol. The van der Waals surface area contributed by atoms with Crippen LogP contribution >= 0.6 is 11.3 Å². The average molecular weight is 475 g/mol. The lowest BCUT2D eigenvalue weighted by atomic mass is 10.1. The molecule has 172 valence electrons. The minimum absolute atomic E-state index is 0.0345. The van der Waals surface area contributed by atoms with Crippen LogP contribution in [-0.2, 0) is 29.1 Å². The van der Waals surface area contributed by atoms with Crippen LogP contribution in [0.25, 0.3) is 10.9 Å². The van der Waals surface area contributed by atoms with Crippen LogP contribution in [0, 0.1) is 6.92 Å². The molecule has 0 spiro atoms. The topological polar surface area (TPSA) is 94.4 Å². The zero-order valence-corrected chi connectivity index (χ0v) is 19.6. The number of hydrogen-bond acceptors (Lipinski definition) is 7. The first-order chi connectivity index (χ1) is 16.4. The van der Waals surface area contributed by atoms with Crippen LogP contribution < -0.4 is 10.5 Å². The highest BCUT2D eigenvalue weighted by Crippen LogP contribution is 2.29. The van der Waals surface area contributed by atoms with E-state index in [1.54, 1.807) is 28.1 Å². The molecule has 1 aliphatic rings. The SMILES string of the molecule is CC(=O)N(c1cccc(C)c1)c1nc(COC(=O)c2ccc3c(=O)n4c(nc3c2)CCC4)cs1. The first-order valence-corrected chi connectivity index (χ1v) is 11.8. The van der Waals surface area contributed by atoms with Gasteiger partial charge in [-0.1, -0.05) is 12.1 Å². The maximum absolute atomic E-state index is 12.7. The third kappa shape index (κ3) is 4.10. The Kier molecular flexibility index (Phi) is 5.70. The fourth-order valence-corrected chi connectivity index (χ4v) is 4.96. The van der Waals surface area contributed by atoms with E-state index in [2.05, 4.69) is 9.97 Å². The molecule has 34 heavy (non-hydrogen) atoms. The summed E-state index contributed by atoms with van der Waals surface area (Å²) < 4.78 is 7.15. The Bertz CT molecular complexity index is 1490. The van der Waals surface area contributed by atoms with Crippen molar-refractivity contribution in [1.29, 1.82) is 0 Å². The van der Waals surface area contributed by atoms with E-state index in [1.165, 1.54) is 23.2 Å². The lowest BCUT2D eigenvalue weighted by molar-refractivity contribution is -0.115. The molecular formula is C25H22N4O4S. The molecule has 5 rings (SSSR count). The number of ether oxygens (including phenoxy) is 1. The Morgan fingerprint density at radius 1 is 1.18 bits per heavy atom. The Morgan fingerprint density at radius 2 is 2.03 bits per heavy atom. The van der Waals surface area contributed by atoms with Gasteiger partial charge in [0.25, 0.3) is 5.56 Å². The molecule has 4 aromatic rings. The number of fused-ring (bicyclic) bond motifs is 2. The number of thiazole rings is 1. The standard InChI is InChI=1S/C25H22N4O4S/c1-15-5-3-6-19(11-15)29(16(2)30)25-26-18(14-34-25)13-33-24(32)17-8-9-20-21(12-17)27-22-7-4-10-28(22)23(20)31/h3,5-6,8-9,11-12,14H,4,7,10,13H2,1-2H3. The quantitative estimate of drug-likeness (QED) is 0.404. The summed E-state index contributed by atoms with van der Waals surface area (Å²) in [6.07, 6.45) is 1.65. The lowest BCUT2D eigenvalue weighted by Crippen LogP contribution is -2.22. The molecule has 3 heterocycles. The molecule has 8 nitrogen and oxygen atoms in total. The van der Waals surface area contributed by atoms with E-state index in [0.717, 1.165) is 29.9 Å². The average Bonchev–Trinajstić information content (AvgIpc) is 3.47. The number of esters is 1. The second-order valence-electron chi connectivity index (χ2n) is 8.21. The van der Waals surface area contributed by atoms with Gasteiger partial charge >= 0.3 is 5.97 Å². The number of hydrogen-bond donors (Lipinski definition) is 0. The molecule has 2 aromatic carbocycles. The predicted molar refractivity (Wildman–Crippen MR) is 130 cm³/mol. The zero-order valence-electron chi connectivity index (χ0n) is 18.8. The number of nitrogens with zero attached hydrogens (tertiary/aromatic N) is 4. The Labute approximate surface area is 199 Å². The third-order valence-electron chi connectivity index (χ3n) is 5.71.